The summed E-state index contributed by atoms with van der Waals surface area (Å²) in [5.41, 5.74) is 0. The Kier molecular flexibility index (Phi) is 4.61. The molecule has 0 fully saturated rings. The van der Waals surface area contributed by atoms with Crippen molar-refractivity contribution in [2.24, 2.45) is 5.92 Å². The van der Waals surface area contributed by atoms with Gasteiger partial charge in [-0.05, 0) is 33.0 Å². The van der Waals surface area contributed by atoms with Gasteiger partial charge in [0, 0.05) is 5.92 Å². The van der Waals surface area contributed by atoms with E-state index in [1.54, 1.807) is 0 Å². The van der Waals surface area contributed by atoms with Crippen molar-refractivity contribution < 1.29 is 4.43 Å². The second-order valence-corrected chi connectivity index (χ2v) is 8.64. The molecule has 0 saturated heterocycles. The van der Waals surface area contributed by atoms with E-state index >= 15 is 0 Å². The summed E-state index contributed by atoms with van der Waals surface area (Å²) in [6, 6.07) is 0. The molecule has 1 nitrogen and oxygen atoms in total. The van der Waals surface area contributed by atoms with Gasteiger partial charge < -0.3 is 4.43 Å². The lowest BCUT2D eigenvalue weighted by atomic mass is 10.1. The number of hydrogen-bond donors (Lipinski definition) is 0. The number of hydrogen-bond acceptors (Lipinski definition) is 1. The minimum atomic E-state index is -1.39. The van der Waals surface area contributed by atoms with Gasteiger partial charge in [0.2, 0.25) is 8.32 Å². The first kappa shape index (κ1) is 11.8. The maximum Gasteiger partial charge on any atom is 0.241 e. The normalized spacial score (nSPS) is 16.0. The molecule has 0 spiro atoms. The smallest absolute Gasteiger partial charge is 0.241 e. The van der Waals surface area contributed by atoms with Gasteiger partial charge in [-0.3, -0.25) is 0 Å². The first-order chi connectivity index (χ1) is 5.40. The summed E-state index contributed by atoms with van der Waals surface area (Å²) < 4.78 is 5.94. The second kappa shape index (κ2) is 4.70. The zero-order valence-electron chi connectivity index (χ0n) is 9.27. The van der Waals surface area contributed by atoms with Gasteiger partial charge in [0.25, 0.3) is 0 Å². The van der Waals surface area contributed by atoms with Gasteiger partial charge in [-0.1, -0.05) is 19.9 Å². The van der Waals surface area contributed by atoms with Gasteiger partial charge in [-0.2, -0.15) is 0 Å². The van der Waals surface area contributed by atoms with Crippen LogP contribution in [0.1, 0.15) is 27.2 Å². The van der Waals surface area contributed by atoms with Crippen LogP contribution in [0.15, 0.2) is 11.8 Å². The molecular weight excluding hydrogens is 164 g/mol. The van der Waals surface area contributed by atoms with Crippen LogP contribution in [0.5, 0.6) is 0 Å². The van der Waals surface area contributed by atoms with E-state index in [1.807, 2.05) is 0 Å². The van der Waals surface area contributed by atoms with Crippen molar-refractivity contribution in [3.8, 4) is 0 Å². The molecule has 0 unspecified atom stereocenters. The molecule has 2 heteroatoms. The Balaban J connectivity index is 4.21. The highest BCUT2D eigenvalue weighted by atomic mass is 28.4. The number of rotatable bonds is 4. The molecule has 0 amide bonds. The zero-order valence-corrected chi connectivity index (χ0v) is 10.3. The maximum atomic E-state index is 5.94. The highest BCUT2D eigenvalue weighted by molar-refractivity contribution is 6.70. The summed E-state index contributed by atoms with van der Waals surface area (Å²) in [5.74, 6) is 1.75. The average molecular weight is 186 g/mol. The predicted octanol–water partition coefficient (Wildman–Crippen LogP) is 3.79. The van der Waals surface area contributed by atoms with Crippen molar-refractivity contribution in [3.63, 3.8) is 0 Å². The standard InChI is InChI=1S/C10H22OSi/c1-7-9(3)10(8-2)11-12(4,5)6/h8-9H,7H2,1-6H3/t9-/m1/s1. The van der Waals surface area contributed by atoms with Gasteiger partial charge in [0.05, 0.1) is 5.76 Å². The minimum absolute atomic E-state index is 0.571. The molecule has 0 N–H and O–H groups in total. The summed E-state index contributed by atoms with van der Waals surface area (Å²) in [6.07, 6.45) is 3.26. The summed E-state index contributed by atoms with van der Waals surface area (Å²) in [7, 11) is -1.39. The van der Waals surface area contributed by atoms with Crippen molar-refractivity contribution in [3.05, 3.63) is 11.8 Å². The van der Waals surface area contributed by atoms with Crippen LogP contribution in [0.2, 0.25) is 19.6 Å². The topological polar surface area (TPSA) is 9.23 Å². The quantitative estimate of drug-likeness (QED) is 0.479. The van der Waals surface area contributed by atoms with E-state index in [0.717, 1.165) is 6.42 Å². The van der Waals surface area contributed by atoms with Gasteiger partial charge in [0.15, 0.2) is 0 Å². The first-order valence-electron chi connectivity index (χ1n) is 4.76. The average Bonchev–Trinajstić information content (AvgIpc) is 1.97. The molecule has 0 aromatic heterocycles. The number of allylic oxidation sites excluding steroid dienone is 2. The molecule has 0 aliphatic rings. The summed E-state index contributed by atoms with van der Waals surface area (Å²) in [5, 5.41) is 0. The lowest BCUT2D eigenvalue weighted by Crippen LogP contribution is -2.26. The van der Waals surface area contributed by atoms with Crippen molar-refractivity contribution in [1.29, 1.82) is 0 Å². The van der Waals surface area contributed by atoms with Gasteiger partial charge in [-0.15, -0.1) is 0 Å². The SMILES string of the molecule is CC=C(O[Si](C)(C)C)[C@H](C)CC. The second-order valence-electron chi connectivity index (χ2n) is 4.21. The van der Waals surface area contributed by atoms with Crippen LogP contribution in [0, 0.1) is 5.92 Å². The Labute approximate surface area is 78.0 Å². The molecule has 0 bridgehead atoms. The third kappa shape index (κ3) is 4.60. The highest BCUT2D eigenvalue weighted by Crippen LogP contribution is 2.20. The van der Waals surface area contributed by atoms with E-state index in [9.17, 15) is 0 Å². The van der Waals surface area contributed by atoms with E-state index in [1.165, 1.54) is 5.76 Å². The highest BCUT2D eigenvalue weighted by Gasteiger charge is 2.19. The molecule has 0 aromatic rings. The molecule has 0 heterocycles. The molecular formula is C10H22OSi. The molecule has 1 atom stereocenters. The Morgan fingerprint density at radius 1 is 1.42 bits per heavy atom. The maximum absolute atomic E-state index is 5.94. The van der Waals surface area contributed by atoms with E-state index in [-0.39, 0.29) is 0 Å². The molecule has 0 saturated carbocycles. The summed E-state index contributed by atoms with van der Waals surface area (Å²) in [4.78, 5) is 0. The van der Waals surface area contributed by atoms with Gasteiger partial charge in [0.1, 0.15) is 0 Å². The van der Waals surface area contributed by atoms with Gasteiger partial charge >= 0.3 is 0 Å². The molecule has 12 heavy (non-hydrogen) atoms. The predicted molar refractivity (Wildman–Crippen MR) is 57.6 cm³/mol. The van der Waals surface area contributed by atoms with Crippen LogP contribution >= 0.6 is 0 Å². The fourth-order valence-corrected chi connectivity index (χ4v) is 2.02. The fourth-order valence-electron chi connectivity index (χ4n) is 0.999. The van der Waals surface area contributed by atoms with E-state index in [4.69, 9.17) is 4.43 Å². The monoisotopic (exact) mass is 186 g/mol. The summed E-state index contributed by atoms with van der Waals surface area (Å²) >= 11 is 0. The largest absolute Gasteiger partial charge is 0.547 e. The Bertz CT molecular complexity index is 156. The van der Waals surface area contributed by atoms with E-state index in [0.29, 0.717) is 5.92 Å². The van der Waals surface area contributed by atoms with Crippen LogP contribution in [-0.4, -0.2) is 8.32 Å². The van der Waals surface area contributed by atoms with Crippen LogP contribution in [0.3, 0.4) is 0 Å². The summed E-state index contributed by atoms with van der Waals surface area (Å²) in [6.45, 7) is 13.1. The minimum Gasteiger partial charge on any atom is -0.547 e. The van der Waals surface area contributed by atoms with Crippen LogP contribution < -0.4 is 0 Å². The zero-order chi connectivity index (χ0) is 9.78. The van der Waals surface area contributed by atoms with E-state index < -0.39 is 8.32 Å². The third-order valence-corrected chi connectivity index (χ3v) is 2.65. The molecule has 0 radical (unpaired) electrons. The van der Waals surface area contributed by atoms with Crippen molar-refractivity contribution in [2.45, 2.75) is 46.8 Å². The molecule has 0 aliphatic heterocycles. The van der Waals surface area contributed by atoms with Crippen molar-refractivity contribution >= 4 is 8.32 Å². The Morgan fingerprint density at radius 2 is 1.92 bits per heavy atom. The van der Waals surface area contributed by atoms with Crippen molar-refractivity contribution in [1.82, 2.24) is 0 Å². The first-order valence-corrected chi connectivity index (χ1v) is 8.16. The van der Waals surface area contributed by atoms with Crippen LogP contribution in [-0.2, 0) is 4.43 Å². The lowest BCUT2D eigenvalue weighted by Gasteiger charge is -2.25. The molecule has 0 aliphatic carbocycles. The molecule has 0 aromatic carbocycles. The lowest BCUT2D eigenvalue weighted by molar-refractivity contribution is 0.347. The van der Waals surface area contributed by atoms with Crippen LogP contribution in [0.25, 0.3) is 0 Å². The molecule has 0 rings (SSSR count). The van der Waals surface area contributed by atoms with Crippen molar-refractivity contribution in [2.75, 3.05) is 0 Å². The Morgan fingerprint density at radius 3 is 2.17 bits per heavy atom. The molecule has 72 valence electrons. The van der Waals surface area contributed by atoms with Gasteiger partial charge in [-0.25, -0.2) is 0 Å². The third-order valence-electron chi connectivity index (χ3n) is 1.81. The fraction of sp³-hybridized carbons (Fsp3) is 0.800. The van der Waals surface area contributed by atoms with Crippen LogP contribution in [0.4, 0.5) is 0 Å². The Hall–Kier alpha value is -0.243. The van der Waals surface area contributed by atoms with E-state index in [2.05, 4.69) is 46.5 Å².